The molecule has 28 heavy (non-hydrogen) atoms. The Kier molecular flexibility index (Phi) is 4.43. The van der Waals surface area contributed by atoms with E-state index in [1.807, 2.05) is 54.3 Å². The molecule has 4 rings (SSSR count). The molecule has 7 heteroatoms. The fourth-order valence-corrected chi connectivity index (χ4v) is 3.31. The first kappa shape index (κ1) is 17.9. The van der Waals surface area contributed by atoms with E-state index in [1.165, 1.54) is 0 Å². The summed E-state index contributed by atoms with van der Waals surface area (Å²) in [6.07, 6.45) is 5.41. The summed E-state index contributed by atoms with van der Waals surface area (Å²) in [5.74, 6) is 0.868. The van der Waals surface area contributed by atoms with Crippen molar-refractivity contribution in [2.24, 2.45) is 0 Å². The number of hydrogen-bond acceptors (Lipinski definition) is 4. The van der Waals surface area contributed by atoms with E-state index in [1.54, 1.807) is 17.6 Å². The van der Waals surface area contributed by atoms with Gasteiger partial charge in [-0.1, -0.05) is 19.9 Å². The average Bonchev–Trinajstić information content (AvgIpc) is 3.31. The van der Waals surface area contributed by atoms with Gasteiger partial charge in [0, 0.05) is 30.1 Å². The number of carbonyl (C=O) groups excluding carboxylic acids is 1. The summed E-state index contributed by atoms with van der Waals surface area (Å²) >= 11 is 0. The zero-order chi connectivity index (χ0) is 19.8. The van der Waals surface area contributed by atoms with Crippen LogP contribution in [-0.2, 0) is 0 Å². The van der Waals surface area contributed by atoms with E-state index in [0.29, 0.717) is 11.3 Å². The van der Waals surface area contributed by atoms with E-state index >= 15 is 0 Å². The molecule has 0 radical (unpaired) electrons. The molecule has 0 aliphatic heterocycles. The second kappa shape index (κ2) is 6.92. The zero-order valence-corrected chi connectivity index (χ0v) is 16.3. The second-order valence-corrected chi connectivity index (χ2v) is 7.02. The molecule has 0 aliphatic rings. The Hall–Kier alpha value is -3.48. The van der Waals surface area contributed by atoms with Gasteiger partial charge in [-0.15, -0.1) is 0 Å². The van der Waals surface area contributed by atoms with Crippen molar-refractivity contribution in [3.05, 3.63) is 65.9 Å². The van der Waals surface area contributed by atoms with Crippen molar-refractivity contribution in [1.82, 2.24) is 29.5 Å². The minimum Gasteiger partial charge on any atom is -0.354 e. The second-order valence-electron chi connectivity index (χ2n) is 7.02. The van der Waals surface area contributed by atoms with E-state index in [9.17, 15) is 4.79 Å². The third-order valence-corrected chi connectivity index (χ3v) is 4.75. The number of aromatic nitrogens is 5. The van der Waals surface area contributed by atoms with Crippen LogP contribution in [-0.4, -0.2) is 37.1 Å². The summed E-state index contributed by atoms with van der Waals surface area (Å²) in [5, 5.41) is 7.28. The normalized spacial score (nSPS) is 11.3. The maximum atomic E-state index is 12.2. The Bertz CT molecular complexity index is 1170. The third kappa shape index (κ3) is 2.94. The van der Waals surface area contributed by atoms with Gasteiger partial charge in [-0.05, 0) is 37.1 Å². The molecule has 142 valence electrons. The molecular weight excluding hydrogens is 352 g/mol. The summed E-state index contributed by atoms with van der Waals surface area (Å²) in [7, 11) is 1.61. The van der Waals surface area contributed by atoms with Crippen molar-refractivity contribution < 1.29 is 4.79 Å². The molecule has 4 aromatic rings. The molecule has 0 bridgehead atoms. The lowest BCUT2D eigenvalue weighted by Gasteiger charge is -2.12. The van der Waals surface area contributed by atoms with Crippen LogP contribution >= 0.6 is 0 Å². The van der Waals surface area contributed by atoms with Crippen molar-refractivity contribution in [2.45, 2.75) is 26.7 Å². The number of nitrogens with one attached hydrogen (secondary N) is 1. The van der Waals surface area contributed by atoms with Crippen LogP contribution in [0, 0.1) is 6.92 Å². The molecule has 1 N–H and O–H groups in total. The summed E-state index contributed by atoms with van der Waals surface area (Å²) in [4.78, 5) is 21.1. The fraction of sp³-hybridized carbons (Fsp3) is 0.238. The molecule has 0 fully saturated rings. The van der Waals surface area contributed by atoms with Gasteiger partial charge in [-0.25, -0.2) is 14.6 Å². The van der Waals surface area contributed by atoms with Gasteiger partial charge in [-0.3, -0.25) is 9.20 Å². The van der Waals surface area contributed by atoms with E-state index in [4.69, 9.17) is 0 Å². The smallest absolute Gasteiger partial charge is 0.269 e. The van der Waals surface area contributed by atoms with Gasteiger partial charge in [0.2, 0.25) is 0 Å². The lowest BCUT2D eigenvalue weighted by atomic mass is 10.0. The molecule has 0 aromatic carbocycles. The highest BCUT2D eigenvalue weighted by atomic mass is 16.1. The lowest BCUT2D eigenvalue weighted by Crippen LogP contribution is -2.19. The molecular formula is C21H22N6O. The maximum Gasteiger partial charge on any atom is 0.269 e. The van der Waals surface area contributed by atoms with Crippen LogP contribution in [0.5, 0.6) is 0 Å². The number of carbonyl (C=O) groups is 1. The molecule has 4 aromatic heterocycles. The quantitative estimate of drug-likeness (QED) is 0.594. The molecule has 0 saturated heterocycles. The molecule has 7 nitrogen and oxygen atoms in total. The van der Waals surface area contributed by atoms with Gasteiger partial charge >= 0.3 is 0 Å². The van der Waals surface area contributed by atoms with Crippen LogP contribution in [0.3, 0.4) is 0 Å². The minimum atomic E-state index is -0.178. The first-order valence-corrected chi connectivity index (χ1v) is 9.21. The van der Waals surface area contributed by atoms with Crippen LogP contribution < -0.4 is 5.32 Å². The highest BCUT2D eigenvalue weighted by Gasteiger charge is 2.19. The van der Waals surface area contributed by atoms with Gasteiger partial charge in [0.25, 0.3) is 5.91 Å². The molecule has 0 saturated carbocycles. The summed E-state index contributed by atoms with van der Waals surface area (Å²) < 4.78 is 3.67. The Morgan fingerprint density at radius 2 is 1.96 bits per heavy atom. The highest BCUT2D eigenvalue weighted by Crippen LogP contribution is 2.31. The zero-order valence-electron chi connectivity index (χ0n) is 16.3. The maximum absolute atomic E-state index is 12.2. The topological polar surface area (TPSA) is 77.1 Å². The van der Waals surface area contributed by atoms with Crippen LogP contribution in [0.25, 0.3) is 22.7 Å². The van der Waals surface area contributed by atoms with Gasteiger partial charge in [0.15, 0.2) is 5.82 Å². The average molecular weight is 374 g/mol. The third-order valence-electron chi connectivity index (χ3n) is 4.75. The van der Waals surface area contributed by atoms with Crippen LogP contribution in [0.1, 0.15) is 41.5 Å². The Labute approximate surface area is 163 Å². The number of rotatable bonds is 4. The minimum absolute atomic E-state index is 0.178. The lowest BCUT2D eigenvalue weighted by molar-refractivity contribution is 0.0957. The number of pyridine rings is 2. The van der Waals surface area contributed by atoms with Crippen molar-refractivity contribution in [3.63, 3.8) is 0 Å². The van der Waals surface area contributed by atoms with Gasteiger partial charge in [-0.2, -0.15) is 5.10 Å². The first-order valence-electron chi connectivity index (χ1n) is 9.21. The number of hydrogen-bond donors (Lipinski definition) is 1. The monoisotopic (exact) mass is 374 g/mol. The van der Waals surface area contributed by atoms with Crippen molar-refractivity contribution in [3.8, 4) is 17.1 Å². The Morgan fingerprint density at radius 3 is 2.68 bits per heavy atom. The first-order chi connectivity index (χ1) is 13.5. The van der Waals surface area contributed by atoms with E-state index < -0.39 is 0 Å². The van der Waals surface area contributed by atoms with Gasteiger partial charge in [0.1, 0.15) is 11.3 Å². The van der Waals surface area contributed by atoms with Crippen molar-refractivity contribution >= 4 is 11.6 Å². The molecule has 0 spiro atoms. The number of imidazole rings is 1. The number of aryl methyl sites for hydroxylation is 1. The number of amides is 1. The molecule has 4 heterocycles. The van der Waals surface area contributed by atoms with Crippen LogP contribution in [0.2, 0.25) is 0 Å². The molecule has 0 atom stereocenters. The predicted molar refractivity (Wildman–Crippen MR) is 108 cm³/mol. The van der Waals surface area contributed by atoms with Crippen LogP contribution in [0.4, 0.5) is 0 Å². The molecule has 0 unspecified atom stereocenters. The summed E-state index contributed by atoms with van der Waals surface area (Å²) in [6.45, 7) is 6.24. The van der Waals surface area contributed by atoms with Gasteiger partial charge in [0.05, 0.1) is 18.1 Å². The Morgan fingerprint density at radius 1 is 1.14 bits per heavy atom. The molecule has 1 amide bonds. The van der Waals surface area contributed by atoms with Crippen molar-refractivity contribution in [2.75, 3.05) is 7.05 Å². The number of fused-ring (bicyclic) bond motifs is 1. The van der Waals surface area contributed by atoms with E-state index in [-0.39, 0.29) is 11.8 Å². The van der Waals surface area contributed by atoms with Crippen molar-refractivity contribution in [1.29, 1.82) is 0 Å². The largest absolute Gasteiger partial charge is 0.354 e. The Balaban J connectivity index is 1.95. The molecule has 0 aliphatic carbocycles. The summed E-state index contributed by atoms with van der Waals surface area (Å²) in [6, 6.07) is 9.79. The number of nitrogens with zero attached hydrogens (tertiary/aromatic N) is 5. The standard InChI is InChI=1S/C21H22N6O/c1-13(2)16-10-24-27(19-7-5-6-14(3)25-19)20(16)15-8-9-18-23-11-17(21(28)22-4)26(18)12-15/h5-13H,1-4H3,(H,22,28). The van der Waals surface area contributed by atoms with E-state index in [2.05, 4.69) is 34.2 Å². The van der Waals surface area contributed by atoms with Crippen LogP contribution in [0.15, 0.2) is 48.9 Å². The van der Waals surface area contributed by atoms with Gasteiger partial charge < -0.3 is 5.32 Å². The fourth-order valence-electron chi connectivity index (χ4n) is 3.31. The summed E-state index contributed by atoms with van der Waals surface area (Å²) in [5.41, 5.74) is 5.16. The SMILES string of the molecule is CNC(=O)c1cnc2ccc(-c3c(C(C)C)cnn3-c3cccc(C)n3)cn12. The predicted octanol–water partition coefficient (Wildman–Crippen LogP) is 3.37. The highest BCUT2D eigenvalue weighted by molar-refractivity contribution is 5.93. The van der Waals surface area contributed by atoms with E-state index in [0.717, 1.165) is 28.3 Å².